The van der Waals surface area contributed by atoms with Crippen molar-refractivity contribution < 1.29 is 21.8 Å². The van der Waals surface area contributed by atoms with Crippen LogP contribution in [0.25, 0.3) is 0 Å². The first kappa shape index (κ1) is 16.6. The van der Waals surface area contributed by atoms with Crippen molar-refractivity contribution in [3.8, 4) is 0 Å². The molecule has 0 fully saturated rings. The third kappa shape index (κ3) is 5.57. The zero-order chi connectivity index (χ0) is 14.5. The van der Waals surface area contributed by atoms with E-state index >= 15 is 0 Å². The third-order valence-electron chi connectivity index (χ3n) is 3.52. The van der Waals surface area contributed by atoms with E-state index < -0.39 is 21.8 Å². The van der Waals surface area contributed by atoms with Crippen LogP contribution in [0.3, 0.4) is 0 Å². The quantitative estimate of drug-likeness (QED) is 0.612. The number of hydrogen-bond donors (Lipinski definition) is 1. The van der Waals surface area contributed by atoms with Gasteiger partial charge in [0.1, 0.15) is 0 Å². The van der Waals surface area contributed by atoms with Crippen molar-refractivity contribution in [2.75, 3.05) is 0 Å². The molecule has 19 heavy (non-hydrogen) atoms. The molecule has 1 aliphatic carbocycles. The predicted octanol–water partition coefficient (Wildman–Crippen LogP) is 4.16. The Balaban J connectivity index is 2.49. The molecule has 1 N–H and O–H groups in total. The van der Waals surface area contributed by atoms with Crippen molar-refractivity contribution in [2.24, 2.45) is 5.92 Å². The first-order valence-electron chi connectivity index (χ1n) is 6.77. The molecule has 0 aromatic rings. The molecule has 0 bridgehead atoms. The van der Waals surface area contributed by atoms with Gasteiger partial charge in [0.15, 0.2) is 0 Å². The number of halogens is 2. The summed E-state index contributed by atoms with van der Waals surface area (Å²) >= 11 is 0. The molecule has 0 radical (unpaired) electrons. The Labute approximate surface area is 113 Å². The molecule has 112 valence electrons. The maximum Gasteiger partial charge on any atom is 0.370 e. The maximum absolute atomic E-state index is 13.0. The third-order valence-corrected chi connectivity index (χ3v) is 4.48. The van der Waals surface area contributed by atoms with Crippen LogP contribution in [0.5, 0.6) is 0 Å². The lowest BCUT2D eigenvalue weighted by Crippen LogP contribution is -2.27. The summed E-state index contributed by atoms with van der Waals surface area (Å²) in [6.07, 6.45) is 7.30. The van der Waals surface area contributed by atoms with Crippen molar-refractivity contribution in [1.82, 2.24) is 0 Å². The molecule has 0 saturated heterocycles. The highest BCUT2D eigenvalue weighted by Crippen LogP contribution is 2.30. The first-order chi connectivity index (χ1) is 8.72. The molecule has 1 atom stereocenters. The van der Waals surface area contributed by atoms with E-state index in [1.165, 1.54) is 6.42 Å². The van der Waals surface area contributed by atoms with E-state index in [2.05, 4.69) is 13.0 Å². The number of alkyl halides is 2. The van der Waals surface area contributed by atoms with Crippen LogP contribution < -0.4 is 0 Å². The van der Waals surface area contributed by atoms with Crippen molar-refractivity contribution in [1.29, 1.82) is 0 Å². The largest absolute Gasteiger partial charge is 0.370 e. The van der Waals surface area contributed by atoms with Gasteiger partial charge in [-0.3, -0.25) is 4.55 Å². The molecule has 3 nitrogen and oxygen atoms in total. The van der Waals surface area contributed by atoms with Gasteiger partial charge in [0, 0.05) is 6.42 Å². The average molecular weight is 296 g/mol. The first-order valence-corrected chi connectivity index (χ1v) is 8.21. The molecule has 1 rings (SSSR count). The van der Waals surface area contributed by atoms with E-state index in [4.69, 9.17) is 4.55 Å². The van der Waals surface area contributed by atoms with E-state index in [1.54, 1.807) is 0 Å². The summed E-state index contributed by atoms with van der Waals surface area (Å²) in [7, 11) is -5.28. The van der Waals surface area contributed by atoms with E-state index in [0.29, 0.717) is 12.3 Å². The Hall–Kier alpha value is -0.490. The van der Waals surface area contributed by atoms with Crippen LogP contribution in [0.4, 0.5) is 8.78 Å². The van der Waals surface area contributed by atoms with Crippen LogP contribution in [0.2, 0.25) is 0 Å². The number of rotatable bonds is 5. The molecule has 0 amide bonds. The van der Waals surface area contributed by atoms with Gasteiger partial charge in [-0.25, -0.2) is 0 Å². The Morgan fingerprint density at radius 1 is 1.37 bits per heavy atom. The van der Waals surface area contributed by atoms with Gasteiger partial charge in [-0.1, -0.05) is 31.4 Å². The van der Waals surface area contributed by atoms with E-state index in [0.717, 1.165) is 31.3 Å². The zero-order valence-electron chi connectivity index (χ0n) is 11.2. The lowest BCUT2D eigenvalue weighted by Gasteiger charge is -2.17. The van der Waals surface area contributed by atoms with Crippen molar-refractivity contribution in [3.63, 3.8) is 0 Å². The SMILES string of the molecule is CC1C=C(CCCC(F)(F)S(=O)(=O)O)CCCCC1. The van der Waals surface area contributed by atoms with Gasteiger partial charge in [0.2, 0.25) is 0 Å². The lowest BCUT2D eigenvalue weighted by atomic mass is 9.91. The molecule has 1 unspecified atom stereocenters. The summed E-state index contributed by atoms with van der Waals surface area (Å²) in [6, 6.07) is 0. The summed E-state index contributed by atoms with van der Waals surface area (Å²) in [5.41, 5.74) is 1.14. The molecule has 0 aromatic heterocycles. The minimum absolute atomic E-state index is 0.0747. The van der Waals surface area contributed by atoms with E-state index in [1.807, 2.05) is 0 Å². The molecule has 0 saturated carbocycles. The molecule has 6 heteroatoms. The summed E-state index contributed by atoms with van der Waals surface area (Å²) in [4.78, 5) is 0. The molecule has 0 aromatic carbocycles. The zero-order valence-corrected chi connectivity index (χ0v) is 12.1. The van der Waals surface area contributed by atoms with Gasteiger partial charge in [0.05, 0.1) is 0 Å². The molecular weight excluding hydrogens is 274 g/mol. The number of hydrogen-bond acceptors (Lipinski definition) is 2. The van der Waals surface area contributed by atoms with Crippen LogP contribution >= 0.6 is 0 Å². The Morgan fingerprint density at radius 2 is 2.05 bits per heavy atom. The maximum atomic E-state index is 13.0. The van der Waals surface area contributed by atoms with Crippen LogP contribution in [-0.4, -0.2) is 18.2 Å². The van der Waals surface area contributed by atoms with Crippen molar-refractivity contribution in [2.45, 2.75) is 63.5 Å². The monoisotopic (exact) mass is 296 g/mol. The smallest absolute Gasteiger partial charge is 0.281 e. The van der Waals surface area contributed by atoms with Crippen LogP contribution in [0, 0.1) is 5.92 Å². The topological polar surface area (TPSA) is 54.4 Å². The average Bonchev–Trinajstić information content (AvgIpc) is 2.23. The number of allylic oxidation sites excluding steroid dienone is 2. The van der Waals surface area contributed by atoms with Crippen LogP contribution in [0.1, 0.15) is 58.3 Å². The van der Waals surface area contributed by atoms with Crippen molar-refractivity contribution in [3.05, 3.63) is 11.6 Å². The highest BCUT2D eigenvalue weighted by molar-refractivity contribution is 7.86. The highest BCUT2D eigenvalue weighted by Gasteiger charge is 2.42. The fourth-order valence-electron chi connectivity index (χ4n) is 2.42. The standard InChI is InChI=1S/C13H22F2O3S/c1-11-6-3-2-4-7-12(10-11)8-5-9-13(14,15)19(16,17)18/h10-11H,2-9H2,1H3,(H,16,17,18). The normalized spacial score (nSPS) is 22.5. The van der Waals surface area contributed by atoms with Crippen molar-refractivity contribution >= 4 is 10.1 Å². The highest BCUT2D eigenvalue weighted by atomic mass is 32.2. The fraction of sp³-hybridized carbons (Fsp3) is 0.846. The summed E-state index contributed by atoms with van der Waals surface area (Å²) in [5, 5.41) is -4.03. The predicted molar refractivity (Wildman–Crippen MR) is 70.7 cm³/mol. The lowest BCUT2D eigenvalue weighted by molar-refractivity contribution is 0.0691. The second-order valence-corrected chi connectivity index (χ2v) is 6.91. The summed E-state index contributed by atoms with van der Waals surface area (Å²) < 4.78 is 55.5. The Morgan fingerprint density at radius 3 is 2.68 bits per heavy atom. The molecule has 0 aliphatic heterocycles. The molecule has 1 aliphatic rings. The van der Waals surface area contributed by atoms with Gasteiger partial charge < -0.3 is 0 Å². The van der Waals surface area contributed by atoms with Gasteiger partial charge >= 0.3 is 15.4 Å². The van der Waals surface area contributed by atoms with Gasteiger partial charge in [-0.2, -0.15) is 17.2 Å². The second kappa shape index (κ2) is 6.79. The Kier molecular flexibility index (Phi) is 5.92. The van der Waals surface area contributed by atoms with Gasteiger partial charge in [-0.15, -0.1) is 0 Å². The minimum Gasteiger partial charge on any atom is -0.281 e. The summed E-state index contributed by atoms with van der Waals surface area (Å²) in [6.45, 7) is 2.11. The van der Waals surface area contributed by atoms with Crippen LogP contribution in [-0.2, 0) is 10.1 Å². The molecule has 0 spiro atoms. The van der Waals surface area contributed by atoms with E-state index in [9.17, 15) is 17.2 Å². The molecule has 0 heterocycles. The fourth-order valence-corrected chi connectivity index (χ4v) is 2.83. The van der Waals surface area contributed by atoms with Gasteiger partial charge in [0.25, 0.3) is 0 Å². The summed E-state index contributed by atoms with van der Waals surface area (Å²) in [5.74, 6) is 0.456. The molecular formula is C13H22F2O3S. The second-order valence-electron chi connectivity index (χ2n) is 5.37. The Bertz CT molecular complexity index is 416. The van der Waals surface area contributed by atoms with Crippen LogP contribution in [0.15, 0.2) is 11.6 Å². The van der Waals surface area contributed by atoms with Gasteiger partial charge in [-0.05, 0) is 38.0 Å². The minimum atomic E-state index is -5.28. The van der Waals surface area contributed by atoms with E-state index in [-0.39, 0.29) is 6.42 Å².